The van der Waals surface area contributed by atoms with Crippen LogP contribution in [0.5, 0.6) is 0 Å². The minimum absolute atomic E-state index is 0.0602. The van der Waals surface area contributed by atoms with E-state index < -0.39 is 0 Å². The number of rotatable bonds is 8. The average Bonchev–Trinajstić information content (AvgIpc) is 3.11. The number of hydrogen-bond acceptors (Lipinski definition) is 3. The molecule has 1 heterocycles. The highest BCUT2D eigenvalue weighted by molar-refractivity contribution is 5.81. The first kappa shape index (κ1) is 20.2. The fraction of sp³-hybridized carbons (Fsp3) is 0.600. The molecule has 0 aromatic heterocycles. The van der Waals surface area contributed by atoms with Gasteiger partial charge in [-0.2, -0.15) is 0 Å². The van der Waals surface area contributed by atoms with Crippen molar-refractivity contribution < 1.29 is 4.79 Å². The summed E-state index contributed by atoms with van der Waals surface area (Å²) in [7, 11) is 3.68. The Hall–Kier alpha value is -2.08. The highest BCUT2D eigenvalue weighted by Crippen LogP contribution is 2.18. The van der Waals surface area contributed by atoms with E-state index in [1.807, 2.05) is 32.3 Å². The maximum atomic E-state index is 12.2. The number of nitrogens with one attached hydrogen (secondary N) is 2. The van der Waals surface area contributed by atoms with Crippen LogP contribution in [0.3, 0.4) is 0 Å². The fourth-order valence-electron chi connectivity index (χ4n) is 3.26. The molecule has 0 aliphatic carbocycles. The van der Waals surface area contributed by atoms with Crippen molar-refractivity contribution in [2.45, 2.75) is 38.8 Å². The van der Waals surface area contributed by atoms with Crippen LogP contribution in [0.2, 0.25) is 0 Å². The molecule has 0 spiro atoms. The van der Waals surface area contributed by atoms with Gasteiger partial charge in [-0.25, -0.2) is 4.99 Å². The maximum absolute atomic E-state index is 12.2. The minimum atomic E-state index is 0.0602. The van der Waals surface area contributed by atoms with Crippen LogP contribution in [0.25, 0.3) is 0 Å². The molecule has 26 heavy (non-hydrogen) atoms. The molecule has 1 aliphatic rings. The number of carbonyl (C=O) groups excluding carboxylic acids is 1. The van der Waals surface area contributed by atoms with E-state index in [-0.39, 0.29) is 11.9 Å². The van der Waals surface area contributed by atoms with Gasteiger partial charge in [0.15, 0.2) is 5.96 Å². The van der Waals surface area contributed by atoms with Crippen LogP contribution in [0, 0.1) is 0 Å². The largest absolute Gasteiger partial charge is 0.357 e. The van der Waals surface area contributed by atoms with Gasteiger partial charge in [-0.3, -0.25) is 9.69 Å². The van der Waals surface area contributed by atoms with E-state index in [4.69, 9.17) is 0 Å². The van der Waals surface area contributed by atoms with E-state index in [0.29, 0.717) is 6.54 Å². The molecule has 1 atom stereocenters. The molecule has 1 unspecified atom stereocenters. The lowest BCUT2D eigenvalue weighted by Gasteiger charge is -2.26. The van der Waals surface area contributed by atoms with E-state index in [9.17, 15) is 4.79 Å². The third-order valence-electron chi connectivity index (χ3n) is 4.61. The smallest absolute Gasteiger partial charge is 0.239 e. The van der Waals surface area contributed by atoms with Gasteiger partial charge in [-0.05, 0) is 38.3 Å². The predicted octanol–water partition coefficient (Wildman–Crippen LogP) is 1.68. The lowest BCUT2D eigenvalue weighted by Crippen LogP contribution is -2.44. The number of aliphatic imine (C=N–C) groups is 1. The zero-order valence-electron chi connectivity index (χ0n) is 16.4. The number of likely N-dealkylation sites (N-methyl/N-ethyl adjacent to an activating group) is 1. The van der Waals surface area contributed by atoms with Crippen molar-refractivity contribution in [3.63, 3.8) is 0 Å². The molecule has 1 fully saturated rings. The first-order valence-corrected chi connectivity index (χ1v) is 9.63. The van der Waals surface area contributed by atoms with Gasteiger partial charge in [-0.15, -0.1) is 0 Å². The quantitative estimate of drug-likeness (QED) is 0.421. The van der Waals surface area contributed by atoms with E-state index in [2.05, 4.69) is 39.6 Å². The monoisotopic (exact) mass is 359 g/mol. The summed E-state index contributed by atoms with van der Waals surface area (Å²) in [6.07, 6.45) is 3.08. The Labute approximate surface area is 157 Å². The summed E-state index contributed by atoms with van der Waals surface area (Å²) in [5, 5.41) is 6.69. The summed E-state index contributed by atoms with van der Waals surface area (Å²) in [5.41, 5.74) is 1.20. The molecule has 2 N–H and O–H groups in total. The molecule has 1 amide bonds. The van der Waals surface area contributed by atoms with E-state index >= 15 is 0 Å². The molecular formula is C20H33N5O. The van der Waals surface area contributed by atoms with Crippen molar-refractivity contribution in [3.8, 4) is 0 Å². The van der Waals surface area contributed by atoms with E-state index in [1.165, 1.54) is 5.56 Å². The molecule has 2 rings (SSSR count). The average molecular weight is 360 g/mol. The van der Waals surface area contributed by atoms with Crippen LogP contribution in [0.15, 0.2) is 35.3 Å². The topological polar surface area (TPSA) is 60.0 Å². The summed E-state index contributed by atoms with van der Waals surface area (Å²) in [6, 6.07) is 10.3. The highest BCUT2D eigenvalue weighted by Gasteiger charge is 2.30. The maximum Gasteiger partial charge on any atom is 0.239 e. The number of amides is 1. The predicted molar refractivity (Wildman–Crippen MR) is 107 cm³/mol. The Morgan fingerprint density at radius 3 is 2.73 bits per heavy atom. The lowest BCUT2D eigenvalue weighted by atomic mass is 10.2. The molecule has 6 heteroatoms. The van der Waals surface area contributed by atoms with Crippen LogP contribution in [0.1, 0.15) is 31.7 Å². The molecule has 0 bridgehead atoms. The SMILES string of the molecule is CCNC(=NCc1ccccc1)NCCCN1CCCC1C(=O)N(C)C. The van der Waals surface area contributed by atoms with Gasteiger partial charge in [-0.1, -0.05) is 30.3 Å². The number of hydrogen-bond donors (Lipinski definition) is 2. The summed E-state index contributed by atoms with van der Waals surface area (Å²) < 4.78 is 0. The zero-order valence-corrected chi connectivity index (χ0v) is 16.4. The zero-order chi connectivity index (χ0) is 18.8. The number of benzene rings is 1. The van der Waals surface area contributed by atoms with E-state index in [0.717, 1.165) is 51.4 Å². The number of guanidine groups is 1. The Bertz CT molecular complexity index is 573. The number of likely N-dealkylation sites (tertiary alicyclic amines) is 1. The molecule has 1 saturated heterocycles. The second-order valence-electron chi connectivity index (χ2n) is 6.89. The minimum Gasteiger partial charge on any atom is -0.357 e. The number of carbonyl (C=O) groups is 1. The Kier molecular flexibility index (Phi) is 8.41. The van der Waals surface area contributed by atoms with Gasteiger partial charge in [0.05, 0.1) is 12.6 Å². The van der Waals surface area contributed by atoms with Gasteiger partial charge < -0.3 is 15.5 Å². The lowest BCUT2D eigenvalue weighted by molar-refractivity contribution is -0.133. The van der Waals surface area contributed by atoms with Gasteiger partial charge >= 0.3 is 0 Å². The third kappa shape index (κ3) is 6.33. The van der Waals surface area contributed by atoms with Crippen LogP contribution >= 0.6 is 0 Å². The van der Waals surface area contributed by atoms with Crippen molar-refractivity contribution in [2.24, 2.45) is 4.99 Å². The standard InChI is InChI=1S/C20H33N5O/c1-4-21-20(23-16-17-10-6-5-7-11-17)22-13-9-15-25-14-8-12-18(25)19(26)24(2)3/h5-7,10-11,18H,4,8-9,12-16H2,1-3H3,(H2,21,22,23). The summed E-state index contributed by atoms with van der Waals surface area (Å²) >= 11 is 0. The Morgan fingerprint density at radius 2 is 2.04 bits per heavy atom. The first-order valence-electron chi connectivity index (χ1n) is 9.63. The first-order chi connectivity index (χ1) is 12.6. The Balaban J connectivity index is 1.76. The molecule has 6 nitrogen and oxygen atoms in total. The summed E-state index contributed by atoms with van der Waals surface area (Å²) in [5.74, 6) is 1.08. The fourth-order valence-corrected chi connectivity index (χ4v) is 3.26. The van der Waals surface area contributed by atoms with E-state index in [1.54, 1.807) is 4.90 Å². The highest BCUT2D eigenvalue weighted by atomic mass is 16.2. The van der Waals surface area contributed by atoms with Crippen LogP contribution in [-0.2, 0) is 11.3 Å². The van der Waals surface area contributed by atoms with Gasteiger partial charge in [0, 0.05) is 33.7 Å². The summed E-state index contributed by atoms with van der Waals surface area (Å²) in [6.45, 7) is 6.39. The second kappa shape index (κ2) is 10.8. The molecule has 1 aliphatic heterocycles. The van der Waals surface area contributed by atoms with Crippen molar-refractivity contribution in [1.82, 2.24) is 20.4 Å². The molecule has 144 valence electrons. The van der Waals surface area contributed by atoms with Crippen molar-refractivity contribution in [2.75, 3.05) is 40.3 Å². The van der Waals surface area contributed by atoms with Crippen molar-refractivity contribution in [3.05, 3.63) is 35.9 Å². The Morgan fingerprint density at radius 1 is 1.27 bits per heavy atom. The summed E-state index contributed by atoms with van der Waals surface area (Å²) in [4.78, 5) is 20.9. The molecule has 1 aromatic rings. The van der Waals surface area contributed by atoms with Crippen molar-refractivity contribution in [1.29, 1.82) is 0 Å². The molecule has 1 aromatic carbocycles. The molecule has 0 radical (unpaired) electrons. The third-order valence-corrected chi connectivity index (χ3v) is 4.61. The molecule has 0 saturated carbocycles. The second-order valence-corrected chi connectivity index (χ2v) is 6.89. The van der Waals surface area contributed by atoms with Crippen LogP contribution in [-0.4, -0.2) is 68.0 Å². The normalized spacial score (nSPS) is 18.0. The van der Waals surface area contributed by atoms with Crippen LogP contribution < -0.4 is 10.6 Å². The molecular weight excluding hydrogens is 326 g/mol. The van der Waals surface area contributed by atoms with Crippen molar-refractivity contribution >= 4 is 11.9 Å². The number of nitrogens with zero attached hydrogens (tertiary/aromatic N) is 3. The van der Waals surface area contributed by atoms with Gasteiger partial charge in [0.1, 0.15) is 0 Å². The van der Waals surface area contributed by atoms with Crippen LogP contribution in [0.4, 0.5) is 0 Å². The van der Waals surface area contributed by atoms with Gasteiger partial charge in [0.2, 0.25) is 5.91 Å². The van der Waals surface area contributed by atoms with Gasteiger partial charge in [0.25, 0.3) is 0 Å².